The second-order valence-corrected chi connectivity index (χ2v) is 6.89. The second kappa shape index (κ2) is 9.15. The molecule has 0 aromatic heterocycles. The highest BCUT2D eigenvalue weighted by Gasteiger charge is 2.30. The molecule has 1 atom stereocenters. The summed E-state index contributed by atoms with van der Waals surface area (Å²) < 4.78 is 51.4. The Balaban J connectivity index is 1.66. The molecule has 1 aliphatic heterocycles. The molecular formula is C21H21F4N3O2. The highest BCUT2D eigenvalue weighted by atomic mass is 19.4. The summed E-state index contributed by atoms with van der Waals surface area (Å²) in [6.07, 6.45) is -4.40. The Morgan fingerprint density at radius 3 is 2.43 bits per heavy atom. The van der Waals surface area contributed by atoms with E-state index >= 15 is 0 Å². The first-order chi connectivity index (χ1) is 14.3. The predicted octanol–water partition coefficient (Wildman–Crippen LogP) is 4.57. The van der Waals surface area contributed by atoms with Gasteiger partial charge in [0.25, 0.3) is 0 Å². The maximum absolute atomic E-state index is 13.1. The number of nitrogens with one attached hydrogen (secondary N) is 1. The van der Waals surface area contributed by atoms with Gasteiger partial charge in [0.2, 0.25) is 0 Å². The van der Waals surface area contributed by atoms with Crippen molar-refractivity contribution in [3.63, 3.8) is 0 Å². The van der Waals surface area contributed by atoms with Crippen molar-refractivity contribution in [2.24, 2.45) is 5.16 Å². The first-order valence-corrected chi connectivity index (χ1v) is 9.43. The minimum absolute atomic E-state index is 0.121. The average Bonchev–Trinajstić information content (AvgIpc) is 3.16. The molecule has 1 heterocycles. The minimum atomic E-state index is -4.41. The molecule has 9 heteroatoms. The number of carbonyl (C=O) groups excluding carboxylic acids is 1. The Labute approximate surface area is 171 Å². The van der Waals surface area contributed by atoms with Crippen LogP contribution in [0.5, 0.6) is 0 Å². The second-order valence-electron chi connectivity index (χ2n) is 6.89. The lowest BCUT2D eigenvalue weighted by atomic mass is 10.0. The average molecular weight is 423 g/mol. The van der Waals surface area contributed by atoms with Crippen molar-refractivity contribution in [1.82, 2.24) is 10.2 Å². The standard InChI is InChI=1S/C21H21F4N3O2/c1-2-26-20(29)28(12-14-3-7-16(8-4-14)21(23,24)25)13-18-11-19(27-30-18)15-5-9-17(22)10-6-15/h3-10,18H,2,11-13H2,1H3,(H,26,29)/t18-/m0/s1. The Hall–Kier alpha value is -3.10. The lowest BCUT2D eigenvalue weighted by Crippen LogP contribution is -2.43. The van der Waals surface area contributed by atoms with Crippen LogP contribution in [-0.4, -0.2) is 35.8 Å². The number of urea groups is 1. The molecule has 5 nitrogen and oxygen atoms in total. The largest absolute Gasteiger partial charge is 0.416 e. The third-order valence-corrected chi connectivity index (χ3v) is 4.60. The summed E-state index contributed by atoms with van der Waals surface area (Å²) in [5.74, 6) is -0.353. The van der Waals surface area contributed by atoms with Crippen molar-refractivity contribution in [1.29, 1.82) is 0 Å². The van der Waals surface area contributed by atoms with E-state index in [1.807, 2.05) is 0 Å². The highest BCUT2D eigenvalue weighted by Crippen LogP contribution is 2.29. The van der Waals surface area contributed by atoms with Crippen LogP contribution in [0.25, 0.3) is 0 Å². The first-order valence-electron chi connectivity index (χ1n) is 9.43. The van der Waals surface area contributed by atoms with Crippen molar-refractivity contribution < 1.29 is 27.2 Å². The van der Waals surface area contributed by atoms with Crippen LogP contribution >= 0.6 is 0 Å². The summed E-state index contributed by atoms with van der Waals surface area (Å²) in [5.41, 5.74) is 1.19. The third kappa shape index (κ3) is 5.49. The molecule has 2 aromatic rings. The van der Waals surface area contributed by atoms with Crippen LogP contribution < -0.4 is 5.32 Å². The first kappa shape index (κ1) is 21.6. The van der Waals surface area contributed by atoms with E-state index in [0.29, 0.717) is 24.2 Å². The summed E-state index contributed by atoms with van der Waals surface area (Å²) in [4.78, 5) is 19.4. The van der Waals surface area contributed by atoms with Gasteiger partial charge in [-0.05, 0) is 42.3 Å². The lowest BCUT2D eigenvalue weighted by molar-refractivity contribution is -0.137. The number of rotatable bonds is 6. The number of alkyl halides is 3. The Kier molecular flexibility index (Phi) is 6.59. The van der Waals surface area contributed by atoms with Crippen LogP contribution in [0.15, 0.2) is 53.7 Å². The topological polar surface area (TPSA) is 53.9 Å². The number of halogens is 4. The Morgan fingerprint density at radius 2 is 1.83 bits per heavy atom. The molecule has 2 aromatic carbocycles. The summed E-state index contributed by atoms with van der Waals surface area (Å²) in [6, 6.07) is 10.2. The van der Waals surface area contributed by atoms with E-state index in [0.717, 1.165) is 17.7 Å². The number of hydrogen-bond donors (Lipinski definition) is 1. The summed E-state index contributed by atoms with van der Waals surface area (Å²) in [7, 11) is 0. The van der Waals surface area contributed by atoms with Crippen LogP contribution in [0.3, 0.4) is 0 Å². The van der Waals surface area contributed by atoms with Crippen LogP contribution in [0, 0.1) is 5.82 Å². The third-order valence-electron chi connectivity index (χ3n) is 4.60. The van der Waals surface area contributed by atoms with E-state index in [1.165, 1.54) is 29.2 Å². The fraction of sp³-hybridized carbons (Fsp3) is 0.333. The molecule has 30 heavy (non-hydrogen) atoms. The van der Waals surface area contributed by atoms with Gasteiger partial charge in [0, 0.05) is 19.5 Å². The van der Waals surface area contributed by atoms with Crippen LogP contribution in [-0.2, 0) is 17.6 Å². The van der Waals surface area contributed by atoms with E-state index in [1.54, 1.807) is 19.1 Å². The molecule has 0 saturated heterocycles. The van der Waals surface area contributed by atoms with Crippen molar-refractivity contribution in [2.75, 3.05) is 13.1 Å². The molecule has 0 fully saturated rings. The van der Waals surface area contributed by atoms with E-state index in [4.69, 9.17) is 4.84 Å². The van der Waals surface area contributed by atoms with Gasteiger partial charge in [0.1, 0.15) is 5.82 Å². The van der Waals surface area contributed by atoms with Crippen LogP contribution in [0.1, 0.15) is 30.0 Å². The Morgan fingerprint density at radius 1 is 1.17 bits per heavy atom. The molecular weight excluding hydrogens is 402 g/mol. The maximum Gasteiger partial charge on any atom is 0.416 e. The van der Waals surface area contributed by atoms with E-state index in [9.17, 15) is 22.4 Å². The molecule has 1 N–H and O–H groups in total. The maximum atomic E-state index is 13.1. The zero-order chi connectivity index (χ0) is 21.7. The number of benzene rings is 2. The van der Waals surface area contributed by atoms with Gasteiger partial charge in [-0.15, -0.1) is 0 Å². The molecule has 0 spiro atoms. The SMILES string of the molecule is CCNC(=O)N(Cc1ccc(C(F)(F)F)cc1)C[C@@H]1CC(c2ccc(F)cc2)=NO1. The molecule has 160 valence electrons. The van der Waals surface area contributed by atoms with Crippen LogP contribution in [0.2, 0.25) is 0 Å². The Bertz CT molecular complexity index is 896. The zero-order valence-corrected chi connectivity index (χ0v) is 16.2. The summed E-state index contributed by atoms with van der Waals surface area (Å²) in [6.45, 7) is 2.50. The van der Waals surface area contributed by atoms with Gasteiger partial charge in [-0.2, -0.15) is 13.2 Å². The summed E-state index contributed by atoms with van der Waals surface area (Å²) in [5, 5.41) is 6.73. The minimum Gasteiger partial charge on any atom is -0.390 e. The molecule has 0 unspecified atom stereocenters. The molecule has 0 radical (unpaired) electrons. The van der Waals surface area contributed by atoms with Crippen molar-refractivity contribution in [2.45, 2.75) is 32.2 Å². The fourth-order valence-electron chi connectivity index (χ4n) is 3.09. The van der Waals surface area contributed by atoms with Gasteiger partial charge in [0.15, 0.2) is 6.10 Å². The molecule has 1 aliphatic rings. The van der Waals surface area contributed by atoms with Crippen LogP contribution in [0.4, 0.5) is 22.4 Å². The van der Waals surface area contributed by atoms with E-state index in [-0.39, 0.29) is 24.9 Å². The van der Waals surface area contributed by atoms with Gasteiger partial charge in [-0.25, -0.2) is 9.18 Å². The quantitative estimate of drug-likeness (QED) is 0.692. The number of amides is 2. The summed E-state index contributed by atoms with van der Waals surface area (Å²) >= 11 is 0. The van der Waals surface area contributed by atoms with Gasteiger partial charge >= 0.3 is 12.2 Å². The molecule has 0 aliphatic carbocycles. The van der Waals surface area contributed by atoms with Crippen molar-refractivity contribution in [3.8, 4) is 0 Å². The number of nitrogens with zero attached hydrogens (tertiary/aromatic N) is 2. The smallest absolute Gasteiger partial charge is 0.390 e. The van der Waals surface area contributed by atoms with Crippen molar-refractivity contribution >= 4 is 11.7 Å². The monoisotopic (exact) mass is 423 g/mol. The van der Waals surface area contributed by atoms with Gasteiger partial charge < -0.3 is 15.1 Å². The zero-order valence-electron chi connectivity index (χ0n) is 16.2. The normalized spacial score (nSPS) is 16.0. The number of hydrogen-bond acceptors (Lipinski definition) is 3. The van der Waals surface area contributed by atoms with Crippen molar-refractivity contribution in [3.05, 3.63) is 71.0 Å². The molecule has 0 saturated carbocycles. The molecule has 3 rings (SSSR count). The lowest BCUT2D eigenvalue weighted by Gasteiger charge is -2.25. The number of oxime groups is 1. The number of carbonyl (C=O) groups is 1. The van der Waals surface area contributed by atoms with Gasteiger partial charge in [0.05, 0.1) is 17.8 Å². The van der Waals surface area contributed by atoms with Gasteiger partial charge in [-0.1, -0.05) is 29.4 Å². The molecule has 0 bridgehead atoms. The highest BCUT2D eigenvalue weighted by molar-refractivity contribution is 6.01. The van der Waals surface area contributed by atoms with E-state index in [2.05, 4.69) is 10.5 Å². The van der Waals surface area contributed by atoms with E-state index < -0.39 is 17.8 Å². The predicted molar refractivity (Wildman–Crippen MR) is 103 cm³/mol. The van der Waals surface area contributed by atoms with Gasteiger partial charge in [-0.3, -0.25) is 0 Å². The molecule has 2 amide bonds. The fourth-order valence-corrected chi connectivity index (χ4v) is 3.09.